The van der Waals surface area contributed by atoms with Crippen LogP contribution in [-0.4, -0.2) is 14.2 Å². The van der Waals surface area contributed by atoms with E-state index in [2.05, 4.69) is 5.32 Å². The highest BCUT2D eigenvalue weighted by atomic mass is 16.5. The molecule has 1 N–H and O–H groups in total. The molecule has 0 amide bonds. The number of rotatable bonds is 4. The molecule has 0 saturated heterocycles. The lowest BCUT2D eigenvalue weighted by Crippen LogP contribution is -2.12. The van der Waals surface area contributed by atoms with Crippen molar-refractivity contribution in [3.8, 4) is 45.3 Å². The quantitative estimate of drug-likeness (QED) is 0.501. The lowest BCUT2D eigenvalue weighted by Gasteiger charge is -2.20. The van der Waals surface area contributed by atoms with Gasteiger partial charge in [-0.1, -0.05) is 0 Å². The fourth-order valence-corrected chi connectivity index (χ4v) is 4.15. The van der Waals surface area contributed by atoms with Crippen LogP contribution in [0.25, 0.3) is 33.8 Å². The van der Waals surface area contributed by atoms with E-state index in [0.29, 0.717) is 13.1 Å². The maximum atomic E-state index is 5.79. The molecule has 5 heteroatoms. The van der Waals surface area contributed by atoms with Crippen LogP contribution in [0, 0.1) is 0 Å². The van der Waals surface area contributed by atoms with Crippen molar-refractivity contribution in [1.29, 1.82) is 0 Å². The maximum Gasteiger partial charge on any atom is 0.134 e. The minimum absolute atomic E-state index is 0.679. The molecule has 5 nitrogen and oxygen atoms in total. The van der Waals surface area contributed by atoms with Crippen molar-refractivity contribution in [1.82, 2.24) is 5.32 Å². The van der Waals surface area contributed by atoms with Crippen LogP contribution in [0.2, 0.25) is 0 Å². The van der Waals surface area contributed by atoms with Gasteiger partial charge in [0.2, 0.25) is 0 Å². The number of hydrogen-bond acceptors (Lipinski definition) is 5. The molecule has 0 bridgehead atoms. The normalized spacial score (nSPS) is 12.8. The monoisotopic (exact) mass is 387 g/mol. The molecule has 1 aliphatic heterocycles. The summed E-state index contributed by atoms with van der Waals surface area (Å²) < 4.78 is 23.0. The first-order valence-electron chi connectivity index (χ1n) is 9.50. The van der Waals surface area contributed by atoms with Crippen LogP contribution in [0.3, 0.4) is 0 Å². The predicted molar refractivity (Wildman–Crippen MR) is 111 cm³/mol. The van der Waals surface area contributed by atoms with Crippen molar-refractivity contribution < 1.29 is 18.3 Å². The van der Waals surface area contributed by atoms with E-state index < -0.39 is 0 Å². The first kappa shape index (κ1) is 17.6. The van der Waals surface area contributed by atoms with Crippen LogP contribution in [0.1, 0.15) is 11.1 Å². The summed E-state index contributed by atoms with van der Waals surface area (Å²) in [6.45, 7) is 1.36. The number of nitrogens with one attached hydrogen (secondary N) is 1. The van der Waals surface area contributed by atoms with Gasteiger partial charge in [0.1, 0.15) is 23.0 Å². The summed E-state index contributed by atoms with van der Waals surface area (Å²) in [6.07, 6.45) is 3.39. The van der Waals surface area contributed by atoms with E-state index in [1.807, 2.05) is 48.5 Å². The average Bonchev–Trinajstić information content (AvgIpc) is 3.44. The summed E-state index contributed by atoms with van der Waals surface area (Å²) in [7, 11) is 3.39. The Balaban J connectivity index is 1.86. The van der Waals surface area contributed by atoms with Gasteiger partial charge >= 0.3 is 0 Å². The van der Waals surface area contributed by atoms with Crippen LogP contribution in [0.5, 0.6) is 11.5 Å². The van der Waals surface area contributed by atoms with Crippen LogP contribution in [-0.2, 0) is 13.1 Å². The van der Waals surface area contributed by atoms with Crippen molar-refractivity contribution in [2.24, 2.45) is 0 Å². The highest BCUT2D eigenvalue weighted by molar-refractivity contribution is 5.90. The number of furan rings is 2. The van der Waals surface area contributed by atoms with Gasteiger partial charge in [-0.15, -0.1) is 0 Å². The molecule has 0 aliphatic carbocycles. The van der Waals surface area contributed by atoms with Gasteiger partial charge in [0.25, 0.3) is 0 Å². The van der Waals surface area contributed by atoms with E-state index in [4.69, 9.17) is 18.3 Å². The molecule has 2 aromatic heterocycles. The molecule has 0 atom stereocenters. The smallest absolute Gasteiger partial charge is 0.134 e. The molecule has 29 heavy (non-hydrogen) atoms. The zero-order valence-corrected chi connectivity index (χ0v) is 16.3. The molecule has 3 heterocycles. The Bertz CT molecular complexity index is 1050. The largest absolute Gasteiger partial charge is 0.496 e. The fourth-order valence-electron chi connectivity index (χ4n) is 4.15. The topological polar surface area (TPSA) is 56.8 Å². The van der Waals surface area contributed by atoms with Gasteiger partial charge in [0, 0.05) is 35.3 Å². The van der Waals surface area contributed by atoms with Gasteiger partial charge in [-0.05, 0) is 59.7 Å². The van der Waals surface area contributed by atoms with Gasteiger partial charge in [-0.25, -0.2) is 0 Å². The Labute approximate surface area is 168 Å². The summed E-state index contributed by atoms with van der Waals surface area (Å²) in [4.78, 5) is 0. The lowest BCUT2D eigenvalue weighted by atomic mass is 9.88. The van der Waals surface area contributed by atoms with Crippen LogP contribution < -0.4 is 14.8 Å². The Morgan fingerprint density at radius 2 is 1.17 bits per heavy atom. The van der Waals surface area contributed by atoms with E-state index in [9.17, 15) is 0 Å². The highest BCUT2D eigenvalue weighted by Gasteiger charge is 2.27. The van der Waals surface area contributed by atoms with Crippen molar-refractivity contribution in [3.05, 3.63) is 72.2 Å². The second-order valence-corrected chi connectivity index (χ2v) is 6.90. The van der Waals surface area contributed by atoms with Gasteiger partial charge < -0.3 is 23.6 Å². The maximum absolute atomic E-state index is 5.79. The van der Waals surface area contributed by atoms with Crippen molar-refractivity contribution in [3.63, 3.8) is 0 Å². The first-order valence-corrected chi connectivity index (χ1v) is 9.50. The molecule has 146 valence electrons. The molecule has 5 rings (SSSR count). The summed E-state index contributed by atoms with van der Waals surface area (Å²) >= 11 is 0. The number of benzene rings is 2. The van der Waals surface area contributed by atoms with Crippen LogP contribution in [0.4, 0.5) is 0 Å². The SMILES string of the molecule is COc1ccc(-c2ccco2)c2c1-c1c(OC)ccc(-c3ccco3)c1CNC2. The molecule has 0 spiro atoms. The molecule has 0 unspecified atom stereocenters. The van der Waals surface area contributed by atoms with Crippen LogP contribution in [0.15, 0.2) is 69.9 Å². The first-order chi connectivity index (χ1) is 14.3. The third-order valence-corrected chi connectivity index (χ3v) is 5.42. The molecule has 1 aliphatic rings. The van der Waals surface area contributed by atoms with E-state index >= 15 is 0 Å². The molecule has 2 aromatic carbocycles. The number of fused-ring (bicyclic) bond motifs is 3. The minimum atomic E-state index is 0.679. The Morgan fingerprint density at radius 1 is 0.690 bits per heavy atom. The summed E-state index contributed by atoms with van der Waals surface area (Å²) in [6, 6.07) is 15.8. The number of methoxy groups -OCH3 is 2. The third-order valence-electron chi connectivity index (χ3n) is 5.42. The second kappa shape index (κ2) is 7.18. The minimum Gasteiger partial charge on any atom is -0.496 e. The zero-order valence-electron chi connectivity index (χ0n) is 16.3. The third kappa shape index (κ3) is 2.82. The Morgan fingerprint density at radius 3 is 1.55 bits per heavy atom. The van der Waals surface area contributed by atoms with Gasteiger partial charge in [0.05, 0.1) is 26.7 Å². The second-order valence-electron chi connectivity index (χ2n) is 6.90. The van der Waals surface area contributed by atoms with Gasteiger partial charge in [-0.3, -0.25) is 0 Å². The molecule has 4 aromatic rings. The molecular weight excluding hydrogens is 366 g/mol. The van der Waals surface area contributed by atoms with Gasteiger partial charge in [0.15, 0.2) is 0 Å². The average molecular weight is 387 g/mol. The van der Waals surface area contributed by atoms with E-state index in [1.54, 1.807) is 26.7 Å². The lowest BCUT2D eigenvalue weighted by molar-refractivity contribution is 0.410. The van der Waals surface area contributed by atoms with Gasteiger partial charge in [-0.2, -0.15) is 0 Å². The highest BCUT2D eigenvalue weighted by Crippen LogP contribution is 2.48. The zero-order chi connectivity index (χ0) is 19.8. The Hall–Kier alpha value is -3.44. The van der Waals surface area contributed by atoms with E-state index in [0.717, 1.165) is 56.4 Å². The summed E-state index contributed by atoms with van der Waals surface area (Å²) in [5, 5.41) is 3.57. The van der Waals surface area contributed by atoms with E-state index in [1.165, 1.54) is 0 Å². The van der Waals surface area contributed by atoms with Crippen LogP contribution >= 0.6 is 0 Å². The predicted octanol–water partition coefficient (Wildman–Crippen LogP) is 5.49. The molecule has 0 radical (unpaired) electrons. The molecular formula is C24H21NO4. The summed E-state index contributed by atoms with van der Waals surface area (Å²) in [5.41, 5.74) is 6.35. The molecule has 0 fully saturated rings. The number of hydrogen-bond donors (Lipinski definition) is 1. The summed E-state index contributed by atoms with van der Waals surface area (Å²) in [5.74, 6) is 3.26. The molecule has 0 saturated carbocycles. The van der Waals surface area contributed by atoms with Crippen molar-refractivity contribution in [2.45, 2.75) is 13.1 Å². The fraction of sp³-hybridized carbons (Fsp3) is 0.167. The van der Waals surface area contributed by atoms with Crippen molar-refractivity contribution >= 4 is 0 Å². The standard InChI is InChI=1S/C24H21NO4/c1-26-21-9-7-15(19-5-3-11-28-19)17-13-25-14-18-16(20-6-4-12-29-20)8-10-22(27-2)24(18)23(17)21/h3-12,25H,13-14H2,1-2H3. The number of ether oxygens (including phenoxy) is 2. The Kier molecular flexibility index (Phi) is 4.37. The van der Waals surface area contributed by atoms with Crippen molar-refractivity contribution in [2.75, 3.05) is 14.2 Å². The van der Waals surface area contributed by atoms with E-state index in [-0.39, 0.29) is 0 Å².